The number of hydrogen-bond acceptors (Lipinski definition) is 3. The summed E-state index contributed by atoms with van der Waals surface area (Å²) in [4.78, 5) is 14.7. The molecule has 2 fully saturated rings. The Balaban J connectivity index is 1.49. The van der Waals surface area contributed by atoms with E-state index in [1.807, 2.05) is 25.7 Å². The van der Waals surface area contributed by atoms with E-state index in [1.54, 1.807) is 0 Å². The van der Waals surface area contributed by atoms with Gasteiger partial charge in [-0.2, -0.15) is 0 Å². The van der Waals surface area contributed by atoms with Crippen molar-refractivity contribution >= 4 is 6.09 Å². The van der Waals surface area contributed by atoms with Crippen LogP contribution in [0.25, 0.3) is 11.1 Å². The molecule has 2 bridgehead atoms. The van der Waals surface area contributed by atoms with Crippen LogP contribution in [0.3, 0.4) is 0 Å². The quantitative estimate of drug-likeness (QED) is 0.736. The number of carbonyl (C=O) groups excluding carboxylic acids is 1. The topological polar surface area (TPSA) is 49.8 Å². The minimum atomic E-state index is -0.854. The Labute approximate surface area is 172 Å². The van der Waals surface area contributed by atoms with E-state index in [0.29, 0.717) is 12.8 Å². The molecule has 4 nitrogen and oxygen atoms in total. The Morgan fingerprint density at radius 1 is 0.966 bits per heavy atom. The standard InChI is InChI=1S/C25H29NO3/c1-24(2,3)29-23(27)26-16-12-13-17(26)15-25(28,14-16)22-20-10-6-4-8-18(20)19-9-5-7-11-21(19)22/h4-11,16-17,22,28H,12-15H2,1-3H3. The summed E-state index contributed by atoms with van der Waals surface area (Å²) in [7, 11) is 0. The van der Waals surface area contributed by atoms with Gasteiger partial charge < -0.3 is 14.7 Å². The first kappa shape index (κ1) is 18.7. The highest BCUT2D eigenvalue weighted by molar-refractivity contribution is 5.79. The van der Waals surface area contributed by atoms with Crippen LogP contribution in [0.2, 0.25) is 0 Å². The fourth-order valence-corrected chi connectivity index (χ4v) is 5.84. The van der Waals surface area contributed by atoms with Crippen molar-refractivity contribution in [1.29, 1.82) is 0 Å². The molecule has 0 radical (unpaired) electrons. The predicted molar refractivity (Wildman–Crippen MR) is 113 cm³/mol. The molecule has 2 aliphatic heterocycles. The van der Waals surface area contributed by atoms with Gasteiger partial charge in [0.15, 0.2) is 0 Å². The summed E-state index contributed by atoms with van der Waals surface area (Å²) in [5.41, 5.74) is 3.51. The van der Waals surface area contributed by atoms with Crippen molar-refractivity contribution in [3.63, 3.8) is 0 Å². The second-order valence-corrected chi connectivity index (χ2v) is 9.89. The summed E-state index contributed by atoms with van der Waals surface area (Å²) in [5, 5.41) is 12.0. The summed E-state index contributed by atoms with van der Waals surface area (Å²) < 4.78 is 5.67. The van der Waals surface area contributed by atoms with E-state index in [1.165, 1.54) is 22.3 Å². The second kappa shape index (κ2) is 6.33. The van der Waals surface area contributed by atoms with Crippen molar-refractivity contribution in [3.8, 4) is 11.1 Å². The van der Waals surface area contributed by atoms with Crippen LogP contribution in [-0.2, 0) is 4.74 Å². The molecule has 0 aromatic heterocycles. The van der Waals surface area contributed by atoms with Crippen LogP contribution in [0, 0.1) is 0 Å². The molecule has 1 aliphatic carbocycles. The van der Waals surface area contributed by atoms with Crippen molar-refractivity contribution in [3.05, 3.63) is 59.7 Å². The number of fused-ring (bicyclic) bond motifs is 5. The monoisotopic (exact) mass is 391 g/mol. The number of ether oxygens (including phenoxy) is 1. The van der Waals surface area contributed by atoms with Crippen molar-refractivity contribution in [2.24, 2.45) is 0 Å². The zero-order valence-corrected chi connectivity index (χ0v) is 17.4. The van der Waals surface area contributed by atoms with Crippen LogP contribution in [0.4, 0.5) is 4.79 Å². The second-order valence-electron chi connectivity index (χ2n) is 9.89. The molecule has 1 N–H and O–H groups in total. The summed E-state index contributed by atoms with van der Waals surface area (Å²) in [6.45, 7) is 5.71. The Bertz CT molecular complexity index is 901. The molecule has 3 aliphatic rings. The number of amides is 1. The average Bonchev–Trinajstić information content (AvgIpc) is 3.14. The van der Waals surface area contributed by atoms with E-state index in [4.69, 9.17) is 4.74 Å². The van der Waals surface area contributed by atoms with Crippen molar-refractivity contribution in [2.45, 2.75) is 75.7 Å². The molecule has 2 unspecified atom stereocenters. The SMILES string of the molecule is CC(C)(C)OC(=O)N1C2CCC1CC(O)(C1c3ccccc3-c3ccccc31)C2. The Kier molecular flexibility index (Phi) is 4.08. The van der Waals surface area contributed by atoms with E-state index in [0.717, 1.165) is 12.8 Å². The fraction of sp³-hybridized carbons (Fsp3) is 0.480. The molecule has 1 amide bonds. The van der Waals surface area contributed by atoms with E-state index >= 15 is 0 Å². The normalized spacial score (nSPS) is 28.2. The molecule has 2 heterocycles. The molecule has 2 saturated heterocycles. The van der Waals surface area contributed by atoms with Crippen LogP contribution in [0.15, 0.2) is 48.5 Å². The van der Waals surface area contributed by atoms with Crippen LogP contribution in [0.1, 0.15) is 63.5 Å². The third kappa shape index (κ3) is 2.96. The number of carbonyl (C=O) groups is 1. The zero-order chi connectivity index (χ0) is 20.4. The maximum absolute atomic E-state index is 12.8. The highest BCUT2D eigenvalue weighted by atomic mass is 16.6. The largest absolute Gasteiger partial charge is 0.444 e. The predicted octanol–water partition coefficient (Wildman–Crippen LogP) is 5.09. The van der Waals surface area contributed by atoms with Gasteiger partial charge in [-0.25, -0.2) is 4.79 Å². The van der Waals surface area contributed by atoms with Gasteiger partial charge in [-0.1, -0.05) is 48.5 Å². The smallest absolute Gasteiger partial charge is 0.410 e. The Morgan fingerprint density at radius 3 is 1.93 bits per heavy atom. The van der Waals surface area contributed by atoms with Gasteiger partial charge >= 0.3 is 6.09 Å². The van der Waals surface area contributed by atoms with E-state index in [-0.39, 0.29) is 24.1 Å². The van der Waals surface area contributed by atoms with Crippen LogP contribution in [0.5, 0.6) is 0 Å². The average molecular weight is 392 g/mol. The fourth-order valence-electron chi connectivity index (χ4n) is 5.84. The summed E-state index contributed by atoms with van der Waals surface area (Å²) in [5.74, 6) is -0.0428. The molecule has 2 atom stereocenters. The van der Waals surface area contributed by atoms with E-state index in [9.17, 15) is 9.90 Å². The maximum atomic E-state index is 12.8. The van der Waals surface area contributed by atoms with Gasteiger partial charge in [0.1, 0.15) is 5.60 Å². The molecule has 2 aromatic rings. The lowest BCUT2D eigenvalue weighted by atomic mass is 9.72. The lowest BCUT2D eigenvalue weighted by Gasteiger charge is -2.47. The summed E-state index contributed by atoms with van der Waals surface area (Å²) in [6.07, 6.45) is 2.82. The Hall–Kier alpha value is -2.33. The van der Waals surface area contributed by atoms with Gasteiger partial charge in [-0.3, -0.25) is 0 Å². The summed E-state index contributed by atoms with van der Waals surface area (Å²) >= 11 is 0. The molecule has 0 saturated carbocycles. The van der Waals surface area contributed by atoms with Gasteiger partial charge in [-0.05, 0) is 68.7 Å². The number of hydrogen-bond donors (Lipinski definition) is 1. The molecule has 4 heteroatoms. The highest BCUT2D eigenvalue weighted by Crippen LogP contribution is 2.55. The first-order valence-electron chi connectivity index (χ1n) is 10.7. The van der Waals surface area contributed by atoms with Gasteiger partial charge in [0.2, 0.25) is 0 Å². The van der Waals surface area contributed by atoms with E-state index in [2.05, 4.69) is 48.5 Å². The molecule has 29 heavy (non-hydrogen) atoms. The Morgan fingerprint density at radius 2 is 1.45 bits per heavy atom. The third-order valence-electron chi connectivity index (χ3n) is 6.77. The molecular formula is C25H29NO3. The minimum Gasteiger partial charge on any atom is -0.444 e. The van der Waals surface area contributed by atoms with Gasteiger partial charge in [0.05, 0.1) is 5.60 Å². The van der Waals surface area contributed by atoms with Gasteiger partial charge in [0.25, 0.3) is 0 Å². The number of aliphatic hydroxyl groups is 1. The number of piperidine rings is 1. The van der Waals surface area contributed by atoms with Crippen molar-refractivity contribution < 1.29 is 14.6 Å². The van der Waals surface area contributed by atoms with Gasteiger partial charge in [0, 0.05) is 18.0 Å². The number of nitrogens with zero attached hydrogens (tertiary/aromatic N) is 1. The van der Waals surface area contributed by atoms with Crippen LogP contribution < -0.4 is 0 Å². The van der Waals surface area contributed by atoms with Crippen LogP contribution >= 0.6 is 0 Å². The van der Waals surface area contributed by atoms with Crippen molar-refractivity contribution in [1.82, 2.24) is 4.90 Å². The van der Waals surface area contributed by atoms with Crippen molar-refractivity contribution in [2.75, 3.05) is 0 Å². The van der Waals surface area contributed by atoms with Gasteiger partial charge in [-0.15, -0.1) is 0 Å². The maximum Gasteiger partial charge on any atom is 0.410 e. The molecule has 5 rings (SSSR count). The molecule has 2 aromatic carbocycles. The lowest BCUT2D eigenvalue weighted by molar-refractivity contribution is -0.0663. The van der Waals surface area contributed by atoms with E-state index < -0.39 is 11.2 Å². The molecular weight excluding hydrogens is 362 g/mol. The zero-order valence-electron chi connectivity index (χ0n) is 17.4. The third-order valence-corrected chi connectivity index (χ3v) is 6.77. The van der Waals surface area contributed by atoms with Crippen LogP contribution in [-0.4, -0.2) is 39.4 Å². The number of benzene rings is 2. The molecule has 152 valence electrons. The summed E-state index contributed by atoms with van der Waals surface area (Å²) in [6, 6.07) is 16.9. The first-order valence-corrected chi connectivity index (χ1v) is 10.7. The number of rotatable bonds is 1. The highest BCUT2D eigenvalue weighted by Gasteiger charge is 2.55. The first-order chi connectivity index (χ1) is 13.8. The minimum absolute atomic E-state index is 0.0357. The lowest BCUT2D eigenvalue weighted by Crippen LogP contribution is -2.56. The molecule has 0 spiro atoms.